The molecular formula is C19H28BrN5S. The molecule has 3 rings (SSSR count). The molecule has 2 aromatic heterocycles. The summed E-state index contributed by atoms with van der Waals surface area (Å²) >= 11 is 5.34. The average molecular weight is 438 g/mol. The third-order valence-electron chi connectivity index (χ3n) is 4.55. The number of piperidine rings is 1. The van der Waals surface area contributed by atoms with Gasteiger partial charge in [-0.3, -0.25) is 0 Å². The molecule has 142 valence electrons. The molecule has 7 heteroatoms. The molecule has 0 atom stereocenters. The Balaban J connectivity index is 1.81. The molecule has 0 unspecified atom stereocenters. The van der Waals surface area contributed by atoms with Crippen LogP contribution in [0.3, 0.4) is 0 Å². The monoisotopic (exact) mass is 437 g/mol. The fourth-order valence-corrected chi connectivity index (χ4v) is 5.56. The molecule has 1 saturated heterocycles. The van der Waals surface area contributed by atoms with Crippen LogP contribution in [-0.4, -0.2) is 33.6 Å². The van der Waals surface area contributed by atoms with Gasteiger partial charge in [0.25, 0.3) is 0 Å². The number of hydrogen-bond acceptors (Lipinski definition) is 6. The first-order chi connectivity index (χ1) is 12.2. The number of nitrogens with two attached hydrogens (primary N) is 1. The molecule has 3 heterocycles. The van der Waals surface area contributed by atoms with E-state index in [4.69, 9.17) is 10.7 Å². The van der Waals surface area contributed by atoms with Gasteiger partial charge in [0.15, 0.2) is 0 Å². The van der Waals surface area contributed by atoms with Crippen molar-refractivity contribution in [1.82, 2.24) is 15.3 Å². The fourth-order valence-electron chi connectivity index (χ4n) is 4.00. The van der Waals surface area contributed by atoms with Crippen LogP contribution in [0.15, 0.2) is 22.8 Å². The van der Waals surface area contributed by atoms with Gasteiger partial charge in [-0.25, -0.2) is 9.97 Å². The zero-order chi connectivity index (χ0) is 18.9. The number of thiophene rings is 1. The first kappa shape index (κ1) is 19.7. The molecule has 2 aromatic rings. The van der Waals surface area contributed by atoms with E-state index < -0.39 is 0 Å². The van der Waals surface area contributed by atoms with Crippen LogP contribution in [-0.2, 0) is 6.42 Å². The SMILES string of the molecule is CC1(C)CC(Nc2ncc(Br)c(-c3ccc(CCN)s3)n2)CC(C)(C)N1. The van der Waals surface area contributed by atoms with Crippen molar-refractivity contribution in [2.75, 3.05) is 11.9 Å². The highest BCUT2D eigenvalue weighted by Crippen LogP contribution is 2.34. The summed E-state index contributed by atoms with van der Waals surface area (Å²) < 4.78 is 0.912. The minimum atomic E-state index is 0.0858. The summed E-state index contributed by atoms with van der Waals surface area (Å²) in [6, 6.07) is 4.58. The molecule has 0 spiro atoms. The quantitative estimate of drug-likeness (QED) is 0.653. The van der Waals surface area contributed by atoms with E-state index >= 15 is 0 Å². The maximum Gasteiger partial charge on any atom is 0.223 e. The Morgan fingerprint density at radius 3 is 2.62 bits per heavy atom. The van der Waals surface area contributed by atoms with Crippen molar-refractivity contribution in [3.8, 4) is 10.6 Å². The normalized spacial score (nSPS) is 19.5. The van der Waals surface area contributed by atoms with Crippen LogP contribution in [0, 0.1) is 0 Å². The highest BCUT2D eigenvalue weighted by molar-refractivity contribution is 9.10. The lowest BCUT2D eigenvalue weighted by Crippen LogP contribution is -2.60. The topological polar surface area (TPSA) is 75.9 Å². The zero-order valence-electron chi connectivity index (χ0n) is 15.9. The largest absolute Gasteiger partial charge is 0.351 e. The van der Waals surface area contributed by atoms with Gasteiger partial charge in [-0.05, 0) is 81.6 Å². The van der Waals surface area contributed by atoms with Crippen LogP contribution in [0.1, 0.15) is 45.4 Å². The molecule has 4 N–H and O–H groups in total. The summed E-state index contributed by atoms with van der Waals surface area (Å²) in [5.41, 5.74) is 6.77. The van der Waals surface area contributed by atoms with Crippen LogP contribution >= 0.6 is 27.3 Å². The van der Waals surface area contributed by atoms with E-state index in [1.54, 1.807) is 11.3 Å². The van der Waals surface area contributed by atoms with Crippen LogP contribution in [0.5, 0.6) is 0 Å². The summed E-state index contributed by atoms with van der Waals surface area (Å²) in [5, 5.41) is 7.27. The lowest BCUT2D eigenvalue weighted by Gasteiger charge is -2.46. The van der Waals surface area contributed by atoms with Gasteiger partial charge in [0, 0.05) is 28.2 Å². The van der Waals surface area contributed by atoms with Crippen molar-refractivity contribution in [3.05, 3.63) is 27.7 Å². The summed E-state index contributed by atoms with van der Waals surface area (Å²) in [6.45, 7) is 9.67. The Morgan fingerprint density at radius 2 is 1.96 bits per heavy atom. The van der Waals surface area contributed by atoms with E-state index in [0.29, 0.717) is 18.5 Å². The molecule has 0 bridgehead atoms. The van der Waals surface area contributed by atoms with Crippen molar-refractivity contribution >= 4 is 33.2 Å². The summed E-state index contributed by atoms with van der Waals surface area (Å²) in [5.74, 6) is 0.690. The van der Waals surface area contributed by atoms with E-state index in [0.717, 1.165) is 34.3 Å². The van der Waals surface area contributed by atoms with E-state index in [9.17, 15) is 0 Å². The Bertz CT molecular complexity index is 755. The lowest BCUT2D eigenvalue weighted by atomic mass is 9.80. The van der Waals surface area contributed by atoms with Gasteiger partial charge in [0.2, 0.25) is 5.95 Å². The predicted molar refractivity (Wildman–Crippen MR) is 114 cm³/mol. The van der Waals surface area contributed by atoms with Gasteiger partial charge in [0.05, 0.1) is 15.0 Å². The maximum atomic E-state index is 5.67. The third kappa shape index (κ3) is 4.82. The minimum absolute atomic E-state index is 0.0858. The number of anilines is 1. The van der Waals surface area contributed by atoms with Crippen molar-refractivity contribution in [1.29, 1.82) is 0 Å². The number of rotatable bonds is 5. The van der Waals surface area contributed by atoms with E-state index in [1.165, 1.54) is 4.88 Å². The van der Waals surface area contributed by atoms with Crippen LogP contribution in [0.2, 0.25) is 0 Å². The highest BCUT2D eigenvalue weighted by atomic mass is 79.9. The van der Waals surface area contributed by atoms with Gasteiger partial charge in [-0.1, -0.05) is 0 Å². The fraction of sp³-hybridized carbons (Fsp3) is 0.579. The van der Waals surface area contributed by atoms with Crippen molar-refractivity contribution in [3.63, 3.8) is 0 Å². The molecule has 26 heavy (non-hydrogen) atoms. The maximum absolute atomic E-state index is 5.67. The Morgan fingerprint density at radius 1 is 1.27 bits per heavy atom. The molecule has 0 radical (unpaired) electrons. The number of nitrogens with zero attached hydrogens (tertiary/aromatic N) is 2. The summed E-state index contributed by atoms with van der Waals surface area (Å²) in [6.07, 6.45) is 4.80. The average Bonchev–Trinajstić information content (AvgIpc) is 2.95. The first-order valence-electron chi connectivity index (χ1n) is 9.05. The highest BCUT2D eigenvalue weighted by Gasteiger charge is 2.37. The van der Waals surface area contributed by atoms with Gasteiger partial charge in [-0.15, -0.1) is 11.3 Å². The molecule has 0 saturated carbocycles. The summed E-state index contributed by atoms with van der Waals surface area (Å²) in [4.78, 5) is 11.7. The lowest BCUT2D eigenvalue weighted by molar-refractivity contribution is 0.170. The zero-order valence-corrected chi connectivity index (χ0v) is 18.3. The van der Waals surface area contributed by atoms with Gasteiger partial charge in [0.1, 0.15) is 0 Å². The van der Waals surface area contributed by atoms with Crippen LogP contribution in [0.4, 0.5) is 5.95 Å². The molecule has 0 aliphatic carbocycles. The molecule has 1 fully saturated rings. The van der Waals surface area contributed by atoms with E-state index in [-0.39, 0.29) is 11.1 Å². The minimum Gasteiger partial charge on any atom is -0.351 e. The van der Waals surface area contributed by atoms with Crippen LogP contribution in [0.25, 0.3) is 10.6 Å². The molecule has 5 nitrogen and oxygen atoms in total. The third-order valence-corrected chi connectivity index (χ3v) is 6.29. The van der Waals surface area contributed by atoms with Crippen molar-refractivity contribution in [2.24, 2.45) is 5.73 Å². The van der Waals surface area contributed by atoms with Gasteiger partial charge < -0.3 is 16.4 Å². The number of hydrogen-bond donors (Lipinski definition) is 3. The second-order valence-electron chi connectivity index (χ2n) is 8.34. The number of aromatic nitrogens is 2. The molecular weight excluding hydrogens is 410 g/mol. The smallest absolute Gasteiger partial charge is 0.223 e. The predicted octanol–water partition coefficient (Wildman–Crippen LogP) is 4.19. The van der Waals surface area contributed by atoms with Crippen molar-refractivity contribution < 1.29 is 0 Å². The number of nitrogens with one attached hydrogen (secondary N) is 2. The standard InChI is InChI=1S/C19H28BrN5S/c1-18(2)9-12(10-19(3,4)25-18)23-17-22-11-14(20)16(24-17)15-6-5-13(26-15)7-8-21/h5-6,11-12,25H,7-10,21H2,1-4H3,(H,22,23,24). The Labute approximate surface area is 168 Å². The summed E-state index contributed by atoms with van der Waals surface area (Å²) in [7, 11) is 0. The van der Waals surface area contributed by atoms with Gasteiger partial charge >= 0.3 is 0 Å². The second kappa shape index (κ2) is 7.54. The Hall–Kier alpha value is -1.02. The van der Waals surface area contributed by atoms with Gasteiger partial charge in [-0.2, -0.15) is 0 Å². The Kier molecular flexibility index (Phi) is 5.72. The molecule has 0 amide bonds. The first-order valence-corrected chi connectivity index (χ1v) is 10.7. The van der Waals surface area contributed by atoms with Crippen molar-refractivity contribution in [2.45, 2.75) is 64.1 Å². The van der Waals surface area contributed by atoms with E-state index in [1.807, 2.05) is 6.20 Å². The molecule has 1 aliphatic rings. The van der Waals surface area contributed by atoms with E-state index in [2.05, 4.69) is 71.4 Å². The molecule has 1 aliphatic heterocycles. The second-order valence-corrected chi connectivity index (χ2v) is 10.4. The van der Waals surface area contributed by atoms with Crippen LogP contribution < -0.4 is 16.4 Å². The molecule has 0 aromatic carbocycles. The number of halogens is 1.